The Kier molecular flexibility index (Phi) is 3.21. The predicted octanol–water partition coefficient (Wildman–Crippen LogP) is 3.66. The lowest BCUT2D eigenvalue weighted by molar-refractivity contribution is -0.117. The summed E-state index contributed by atoms with van der Waals surface area (Å²) in [6, 6.07) is 10.4. The summed E-state index contributed by atoms with van der Waals surface area (Å²) in [6.07, 6.45) is 2.04. The number of nitrogens with one attached hydrogen (secondary N) is 2. The van der Waals surface area contributed by atoms with Gasteiger partial charge in [-0.3, -0.25) is 9.89 Å². The van der Waals surface area contributed by atoms with E-state index < -0.39 is 23.7 Å². The quantitative estimate of drug-likeness (QED) is 0.884. The fourth-order valence-electron chi connectivity index (χ4n) is 3.15. The molecule has 2 N–H and O–H groups in total. The molecule has 2 saturated carbocycles. The van der Waals surface area contributed by atoms with E-state index in [9.17, 15) is 13.6 Å². The molecule has 0 radical (unpaired) electrons. The van der Waals surface area contributed by atoms with Crippen molar-refractivity contribution in [1.29, 1.82) is 0 Å². The molecule has 23 heavy (non-hydrogen) atoms. The van der Waals surface area contributed by atoms with Crippen LogP contribution in [0.3, 0.4) is 0 Å². The molecule has 6 heteroatoms. The standard InChI is InChI=1S/C17H17F2N3O/c18-17(19)12(16(17)11-4-2-1-3-5-11)8-15(23)20-14-9-13(21-22-14)10-6-7-10/h1-5,9-10,12,16H,6-8H2,(H2,20,21,22,23). The van der Waals surface area contributed by atoms with Crippen LogP contribution in [0.15, 0.2) is 36.4 Å². The van der Waals surface area contributed by atoms with Crippen LogP contribution in [-0.2, 0) is 4.79 Å². The Bertz CT molecular complexity index is 724. The lowest BCUT2D eigenvalue weighted by atomic mass is 10.1. The molecular formula is C17H17F2N3O. The van der Waals surface area contributed by atoms with Crippen LogP contribution in [0.4, 0.5) is 14.6 Å². The number of H-pyrrole nitrogens is 1. The monoisotopic (exact) mass is 317 g/mol. The van der Waals surface area contributed by atoms with Crippen LogP contribution in [0, 0.1) is 5.92 Å². The van der Waals surface area contributed by atoms with Crippen LogP contribution < -0.4 is 5.32 Å². The first-order valence-corrected chi connectivity index (χ1v) is 7.83. The number of hydrogen-bond acceptors (Lipinski definition) is 2. The number of halogens is 2. The van der Waals surface area contributed by atoms with E-state index in [2.05, 4.69) is 15.5 Å². The first kappa shape index (κ1) is 14.4. The lowest BCUT2D eigenvalue weighted by Crippen LogP contribution is -2.14. The van der Waals surface area contributed by atoms with E-state index in [-0.39, 0.29) is 6.42 Å². The lowest BCUT2D eigenvalue weighted by Gasteiger charge is -2.01. The zero-order valence-electron chi connectivity index (χ0n) is 12.4. The van der Waals surface area contributed by atoms with Crippen LogP contribution in [-0.4, -0.2) is 22.0 Å². The molecule has 2 fully saturated rings. The minimum atomic E-state index is -2.81. The summed E-state index contributed by atoms with van der Waals surface area (Å²) in [5.74, 6) is -4.05. The first-order valence-electron chi connectivity index (χ1n) is 7.83. The maximum Gasteiger partial charge on any atom is 0.259 e. The molecule has 2 aliphatic carbocycles. The largest absolute Gasteiger partial charge is 0.311 e. The molecule has 2 unspecified atom stereocenters. The minimum Gasteiger partial charge on any atom is -0.311 e. The van der Waals surface area contributed by atoms with Crippen molar-refractivity contribution in [1.82, 2.24) is 10.2 Å². The van der Waals surface area contributed by atoms with Crippen LogP contribution >= 0.6 is 0 Å². The molecule has 2 atom stereocenters. The number of amides is 1. The third-order valence-electron chi connectivity index (χ3n) is 4.63. The van der Waals surface area contributed by atoms with Gasteiger partial charge in [0.1, 0.15) is 5.82 Å². The van der Waals surface area contributed by atoms with E-state index in [1.165, 1.54) is 0 Å². The maximum absolute atomic E-state index is 14.0. The average molecular weight is 317 g/mol. The third kappa shape index (κ3) is 2.73. The van der Waals surface area contributed by atoms with Gasteiger partial charge in [-0.25, -0.2) is 8.78 Å². The smallest absolute Gasteiger partial charge is 0.259 e. The van der Waals surface area contributed by atoms with Crippen molar-refractivity contribution < 1.29 is 13.6 Å². The van der Waals surface area contributed by atoms with E-state index in [1.54, 1.807) is 36.4 Å². The van der Waals surface area contributed by atoms with E-state index in [1.807, 2.05) is 0 Å². The van der Waals surface area contributed by atoms with Crippen LogP contribution in [0.5, 0.6) is 0 Å². The van der Waals surface area contributed by atoms with Crippen molar-refractivity contribution in [3.8, 4) is 0 Å². The summed E-state index contributed by atoms with van der Waals surface area (Å²) in [5, 5.41) is 9.51. The molecule has 4 rings (SSSR count). The summed E-state index contributed by atoms with van der Waals surface area (Å²) >= 11 is 0. The normalized spacial score (nSPS) is 25.1. The molecule has 4 nitrogen and oxygen atoms in total. The SMILES string of the molecule is O=C(CC1C(c2ccccc2)C1(F)F)Nc1cc(C2CC2)n[nH]1. The molecule has 1 heterocycles. The summed E-state index contributed by atoms with van der Waals surface area (Å²) in [4.78, 5) is 12.0. The van der Waals surface area contributed by atoms with Crippen LogP contribution in [0.1, 0.15) is 42.4 Å². The van der Waals surface area contributed by atoms with Gasteiger partial charge in [-0.05, 0) is 18.4 Å². The number of aromatic amines is 1. The van der Waals surface area contributed by atoms with Gasteiger partial charge in [0.15, 0.2) is 0 Å². The highest BCUT2D eigenvalue weighted by Gasteiger charge is 2.68. The van der Waals surface area contributed by atoms with Crippen LogP contribution in [0.25, 0.3) is 0 Å². The highest BCUT2D eigenvalue weighted by Crippen LogP contribution is 2.63. The molecule has 1 amide bonds. The predicted molar refractivity (Wildman–Crippen MR) is 81.4 cm³/mol. The van der Waals surface area contributed by atoms with E-state index in [4.69, 9.17) is 0 Å². The molecule has 1 aromatic carbocycles. The molecular weight excluding hydrogens is 300 g/mol. The molecule has 1 aromatic heterocycles. The molecule has 120 valence electrons. The second-order valence-electron chi connectivity index (χ2n) is 6.40. The Hall–Kier alpha value is -2.24. The van der Waals surface area contributed by atoms with Crippen molar-refractivity contribution in [3.63, 3.8) is 0 Å². The Balaban J connectivity index is 1.38. The Morgan fingerprint density at radius 3 is 2.74 bits per heavy atom. The number of carbonyl (C=O) groups is 1. The highest BCUT2D eigenvalue weighted by atomic mass is 19.3. The van der Waals surface area contributed by atoms with Gasteiger partial charge < -0.3 is 5.32 Å². The van der Waals surface area contributed by atoms with Gasteiger partial charge in [0.05, 0.1) is 11.6 Å². The summed E-state index contributed by atoms with van der Waals surface area (Å²) in [7, 11) is 0. The number of benzene rings is 1. The van der Waals surface area contributed by atoms with E-state index in [0.29, 0.717) is 17.3 Å². The summed E-state index contributed by atoms with van der Waals surface area (Å²) < 4.78 is 27.9. The second-order valence-corrected chi connectivity index (χ2v) is 6.40. The van der Waals surface area contributed by atoms with Gasteiger partial charge in [-0.15, -0.1) is 0 Å². The zero-order chi connectivity index (χ0) is 16.0. The maximum atomic E-state index is 14.0. The van der Waals surface area contributed by atoms with E-state index >= 15 is 0 Å². The number of alkyl halides is 2. The number of aromatic nitrogens is 2. The highest BCUT2D eigenvalue weighted by molar-refractivity contribution is 5.90. The minimum absolute atomic E-state index is 0.190. The van der Waals surface area contributed by atoms with Gasteiger partial charge in [0.25, 0.3) is 5.92 Å². The van der Waals surface area contributed by atoms with Crippen molar-refractivity contribution in [2.75, 3.05) is 5.32 Å². The first-order chi connectivity index (χ1) is 11.1. The van der Waals surface area contributed by atoms with Gasteiger partial charge in [0, 0.05) is 24.3 Å². The van der Waals surface area contributed by atoms with Gasteiger partial charge in [0.2, 0.25) is 5.91 Å². The Labute approximate surface area is 132 Å². The molecule has 0 spiro atoms. The van der Waals surface area contributed by atoms with Gasteiger partial charge in [-0.1, -0.05) is 30.3 Å². The van der Waals surface area contributed by atoms with Crippen molar-refractivity contribution in [3.05, 3.63) is 47.7 Å². The van der Waals surface area contributed by atoms with Gasteiger partial charge >= 0.3 is 0 Å². The molecule has 0 saturated heterocycles. The van der Waals surface area contributed by atoms with Crippen LogP contribution in [0.2, 0.25) is 0 Å². The molecule has 0 aliphatic heterocycles. The fourth-order valence-corrected chi connectivity index (χ4v) is 3.15. The number of carbonyl (C=O) groups excluding carboxylic acids is 1. The number of nitrogens with zero attached hydrogens (tertiary/aromatic N) is 1. The topological polar surface area (TPSA) is 57.8 Å². The van der Waals surface area contributed by atoms with Crippen molar-refractivity contribution in [2.24, 2.45) is 5.92 Å². The Morgan fingerprint density at radius 1 is 1.30 bits per heavy atom. The molecule has 0 bridgehead atoms. The fraction of sp³-hybridized carbons (Fsp3) is 0.412. The van der Waals surface area contributed by atoms with E-state index in [0.717, 1.165) is 18.5 Å². The summed E-state index contributed by atoms with van der Waals surface area (Å²) in [6.45, 7) is 0. The van der Waals surface area contributed by atoms with Gasteiger partial charge in [-0.2, -0.15) is 5.10 Å². The second kappa shape index (κ2) is 5.15. The third-order valence-corrected chi connectivity index (χ3v) is 4.63. The molecule has 2 aromatic rings. The average Bonchev–Trinajstić information content (AvgIpc) is 3.40. The number of hydrogen-bond donors (Lipinski definition) is 2. The number of anilines is 1. The number of rotatable bonds is 5. The Morgan fingerprint density at radius 2 is 2.04 bits per heavy atom. The summed E-state index contributed by atoms with van der Waals surface area (Å²) in [5.41, 5.74) is 1.52. The van der Waals surface area contributed by atoms with Crippen molar-refractivity contribution in [2.45, 2.75) is 37.0 Å². The zero-order valence-corrected chi connectivity index (χ0v) is 12.4. The molecule has 2 aliphatic rings. The van der Waals surface area contributed by atoms with Crippen molar-refractivity contribution >= 4 is 11.7 Å².